The zero-order valence-electron chi connectivity index (χ0n) is 30.6. The molecule has 2 aromatic heterocycles. The maximum Gasteiger partial charge on any atom is 0.0798 e. The van der Waals surface area contributed by atoms with Crippen molar-refractivity contribution in [3.8, 4) is 33.6 Å². The van der Waals surface area contributed by atoms with Crippen LogP contribution in [0, 0.1) is 35.8 Å². The van der Waals surface area contributed by atoms with Gasteiger partial charge in [-0.1, -0.05) is 101 Å². The molecule has 9 rings (SSSR count). The number of nitrogens with zero attached hydrogens (tertiary/aromatic N) is 2. The second kappa shape index (κ2) is 16.0. The van der Waals surface area contributed by atoms with Crippen LogP contribution in [0.25, 0.3) is 33.6 Å². The molecule has 4 aliphatic rings. The average molecular weight is 853 g/mol. The summed E-state index contributed by atoms with van der Waals surface area (Å²) >= 11 is 0. The third-order valence-corrected chi connectivity index (χ3v) is 13.2. The van der Waals surface area contributed by atoms with Crippen molar-refractivity contribution < 1.29 is 20.1 Å². The second-order valence-electron chi connectivity index (χ2n) is 16.3. The normalized spacial score (nSPS) is 19.1. The van der Waals surface area contributed by atoms with Crippen molar-refractivity contribution in [2.24, 2.45) is 23.7 Å². The van der Waals surface area contributed by atoms with Gasteiger partial charge in [0.05, 0.1) is 8.07 Å². The summed E-state index contributed by atoms with van der Waals surface area (Å²) in [5.74, 6) is 3.59. The van der Waals surface area contributed by atoms with Gasteiger partial charge in [-0.25, -0.2) is 0 Å². The number of rotatable bonds is 8. The molecule has 3 aromatic carbocycles. The summed E-state index contributed by atoms with van der Waals surface area (Å²) in [6, 6.07) is 34.8. The van der Waals surface area contributed by atoms with Crippen LogP contribution >= 0.6 is 0 Å². The predicted octanol–water partition coefficient (Wildman–Crippen LogP) is 11.0. The predicted molar refractivity (Wildman–Crippen MR) is 209 cm³/mol. The molecule has 4 heteroatoms. The molecule has 1 unspecified atom stereocenters. The van der Waals surface area contributed by atoms with Crippen LogP contribution in [0.2, 0.25) is 19.6 Å². The van der Waals surface area contributed by atoms with Crippen LogP contribution < -0.4 is 5.19 Å². The molecule has 261 valence electrons. The first-order valence-corrected chi connectivity index (χ1v) is 22.3. The molecule has 0 aliphatic heterocycles. The molecule has 0 amide bonds. The van der Waals surface area contributed by atoms with Crippen LogP contribution in [0.3, 0.4) is 0 Å². The molecule has 1 radical (unpaired) electrons. The summed E-state index contributed by atoms with van der Waals surface area (Å²) in [7, 11) is -1.35. The summed E-state index contributed by atoms with van der Waals surface area (Å²) < 4.78 is 0. The number of benzene rings is 3. The molecule has 0 N–H and O–H groups in total. The molecule has 50 heavy (non-hydrogen) atoms. The van der Waals surface area contributed by atoms with Gasteiger partial charge in [0.2, 0.25) is 0 Å². The van der Waals surface area contributed by atoms with Crippen molar-refractivity contribution in [3.63, 3.8) is 0 Å². The Morgan fingerprint density at radius 2 is 1.46 bits per heavy atom. The number of hydrogen-bond donors (Lipinski definition) is 0. The Morgan fingerprint density at radius 3 is 2.14 bits per heavy atom. The molecule has 3 saturated carbocycles. The van der Waals surface area contributed by atoms with E-state index >= 15 is 0 Å². The van der Waals surface area contributed by atoms with Gasteiger partial charge in [-0.2, -0.15) is 0 Å². The first-order chi connectivity index (χ1) is 23.7. The fourth-order valence-electron chi connectivity index (χ4n) is 8.50. The summed E-state index contributed by atoms with van der Waals surface area (Å²) in [6.07, 6.45) is 16.0. The Balaban J connectivity index is 0.000000171. The van der Waals surface area contributed by atoms with Gasteiger partial charge >= 0.3 is 0 Å². The molecule has 3 fully saturated rings. The van der Waals surface area contributed by atoms with Gasteiger partial charge in [-0.3, -0.25) is 0 Å². The van der Waals surface area contributed by atoms with E-state index in [0.717, 1.165) is 46.7 Å². The van der Waals surface area contributed by atoms with Crippen LogP contribution in [0.15, 0.2) is 91.3 Å². The number of pyridine rings is 2. The van der Waals surface area contributed by atoms with Gasteiger partial charge in [0.15, 0.2) is 0 Å². The van der Waals surface area contributed by atoms with Crippen LogP contribution in [0.1, 0.15) is 68.2 Å². The minimum atomic E-state index is -1.35. The molecular formula is C46H52IrN2Si-2. The molecule has 1 atom stereocenters. The molecule has 0 saturated heterocycles. The second-order valence-corrected chi connectivity index (χ2v) is 21.4. The van der Waals surface area contributed by atoms with Gasteiger partial charge in [0.25, 0.3) is 0 Å². The smallest absolute Gasteiger partial charge is 0.0798 e. The third kappa shape index (κ3) is 8.47. The van der Waals surface area contributed by atoms with Crippen molar-refractivity contribution in [1.82, 2.24) is 9.97 Å². The van der Waals surface area contributed by atoms with Gasteiger partial charge < -0.3 is 9.97 Å². The average Bonchev–Trinajstić information content (AvgIpc) is 3.68. The van der Waals surface area contributed by atoms with Crippen molar-refractivity contribution in [2.75, 3.05) is 0 Å². The van der Waals surface area contributed by atoms with E-state index in [-0.39, 0.29) is 20.1 Å². The minimum absolute atomic E-state index is 0. The van der Waals surface area contributed by atoms with E-state index in [1.807, 2.05) is 12.1 Å². The van der Waals surface area contributed by atoms with E-state index in [0.29, 0.717) is 5.92 Å². The van der Waals surface area contributed by atoms with Gasteiger partial charge in [0.1, 0.15) is 0 Å². The minimum Gasteiger partial charge on any atom is -0.305 e. The Labute approximate surface area is 316 Å². The topological polar surface area (TPSA) is 25.8 Å². The maximum atomic E-state index is 4.81. The molecule has 2 heterocycles. The van der Waals surface area contributed by atoms with Crippen molar-refractivity contribution in [1.29, 1.82) is 0 Å². The fraction of sp³-hybridized carbons (Fsp3) is 0.391. The van der Waals surface area contributed by atoms with E-state index in [9.17, 15) is 0 Å². The van der Waals surface area contributed by atoms with Crippen molar-refractivity contribution in [3.05, 3.63) is 126 Å². The van der Waals surface area contributed by atoms with E-state index < -0.39 is 8.07 Å². The Hall–Kier alpha value is -3.17. The van der Waals surface area contributed by atoms with Gasteiger partial charge in [-0.05, 0) is 89.9 Å². The van der Waals surface area contributed by atoms with Crippen LogP contribution in [0.5, 0.6) is 0 Å². The Morgan fingerprint density at radius 1 is 0.760 bits per heavy atom. The van der Waals surface area contributed by atoms with E-state index in [1.54, 1.807) is 10.8 Å². The quantitative estimate of drug-likeness (QED) is 0.115. The van der Waals surface area contributed by atoms with Gasteiger partial charge in [-0.15, -0.1) is 70.8 Å². The molecule has 5 aromatic rings. The Bertz CT molecular complexity index is 1870. The summed E-state index contributed by atoms with van der Waals surface area (Å²) in [5, 5.41) is 1.56. The Kier molecular flexibility index (Phi) is 11.7. The van der Waals surface area contributed by atoms with Crippen LogP contribution in [-0.4, -0.2) is 18.0 Å². The van der Waals surface area contributed by atoms with E-state index in [4.69, 9.17) is 9.97 Å². The molecule has 2 nitrogen and oxygen atoms in total. The first kappa shape index (κ1) is 36.6. The number of aryl methyl sites for hydroxylation is 2. The summed E-state index contributed by atoms with van der Waals surface area (Å²) in [6.45, 7) is 11.9. The van der Waals surface area contributed by atoms with Crippen molar-refractivity contribution in [2.45, 2.75) is 91.3 Å². The SMILES string of the molecule is CC(C)Cc1cc(-c2[c-]cc3c(c2)CCCC3)ncc1-c1ccccc1.C[Si](C)(C)c1cnc(-c2[c-]cccc2)cc1CC1CC2CC1C2.[Ir]. The third-order valence-electron chi connectivity index (χ3n) is 11.1. The van der Waals surface area contributed by atoms with Gasteiger partial charge in [0, 0.05) is 38.1 Å². The van der Waals surface area contributed by atoms with Crippen molar-refractivity contribution >= 4 is 13.3 Å². The zero-order valence-corrected chi connectivity index (χ0v) is 34.0. The zero-order chi connectivity index (χ0) is 34.0. The monoisotopic (exact) mass is 853 g/mol. The number of hydrogen-bond acceptors (Lipinski definition) is 2. The molecule has 4 aliphatic carbocycles. The maximum absolute atomic E-state index is 4.81. The number of fused-ring (bicyclic) bond motifs is 2. The van der Waals surface area contributed by atoms with Crippen LogP contribution in [-0.2, 0) is 45.8 Å². The largest absolute Gasteiger partial charge is 0.305 e. The standard InChI is InChI=1S/C25H26N.C21H26NSi.Ir/c1-18(2)14-23-16-25(26-17-24(23)20-9-4-3-5-10-20)22-13-12-19-8-6-7-11-21(19)15-22;1-23(2,3)21-14-22-20(16-7-5-4-6-8-16)13-19(21)12-18-11-15-9-17(18)10-15;/h3-5,9-10,12,15-18H,6-8,11,14H2,1-2H3;4-7,13-15,17-18H,9-12H2,1-3H3;/q2*-1;. The molecule has 0 spiro atoms. The van der Waals surface area contributed by atoms with Crippen LogP contribution in [0.4, 0.5) is 0 Å². The summed E-state index contributed by atoms with van der Waals surface area (Å²) in [5.41, 5.74) is 12.8. The van der Waals surface area contributed by atoms with E-state index in [1.165, 1.54) is 79.2 Å². The summed E-state index contributed by atoms with van der Waals surface area (Å²) in [4.78, 5) is 9.59. The first-order valence-electron chi connectivity index (χ1n) is 18.8. The van der Waals surface area contributed by atoms with E-state index in [2.05, 4.69) is 125 Å². The number of aromatic nitrogens is 2. The fourth-order valence-corrected chi connectivity index (χ4v) is 10.1. The molecular weight excluding hydrogens is 801 g/mol. The molecule has 2 bridgehead atoms.